The van der Waals surface area contributed by atoms with Crippen molar-refractivity contribution in [1.29, 1.82) is 0 Å². The minimum Gasteiger partial charge on any atom is -0.489 e. The Balaban J connectivity index is 1.65. The molecule has 5 nitrogen and oxygen atoms in total. The van der Waals surface area contributed by atoms with Crippen LogP contribution in [0.4, 0.5) is 0 Å². The second-order valence-corrected chi connectivity index (χ2v) is 9.37. The van der Waals surface area contributed by atoms with E-state index in [9.17, 15) is 8.42 Å². The molecule has 3 rings (SSSR count). The Morgan fingerprint density at radius 2 is 1.88 bits per heavy atom. The van der Waals surface area contributed by atoms with Gasteiger partial charge in [-0.05, 0) is 68.5 Å². The van der Waals surface area contributed by atoms with Crippen molar-refractivity contribution in [2.75, 3.05) is 0 Å². The lowest BCUT2D eigenvalue weighted by atomic mass is 10.1. The minimum atomic E-state index is -3.21. The normalized spacial score (nSPS) is 22.9. The van der Waals surface area contributed by atoms with E-state index in [2.05, 4.69) is 4.98 Å². The van der Waals surface area contributed by atoms with Crippen LogP contribution >= 0.6 is 0 Å². The predicted octanol–water partition coefficient (Wildman–Crippen LogP) is 3.67. The highest BCUT2D eigenvalue weighted by Crippen LogP contribution is 2.28. The number of aryl methyl sites for hydroxylation is 1. The molecule has 0 spiro atoms. The lowest BCUT2D eigenvalue weighted by Gasteiger charge is -2.36. The maximum atomic E-state index is 12.6. The zero-order valence-corrected chi connectivity index (χ0v) is 16.4. The molecule has 0 radical (unpaired) electrons. The molecule has 1 aliphatic heterocycles. The second kappa shape index (κ2) is 7.76. The molecule has 1 aromatic carbocycles. The third-order valence-electron chi connectivity index (χ3n) is 5.11. The Bertz CT molecular complexity index is 850. The zero-order chi connectivity index (χ0) is 18.7. The van der Waals surface area contributed by atoms with E-state index in [-0.39, 0.29) is 11.3 Å². The first kappa shape index (κ1) is 18.9. The van der Waals surface area contributed by atoms with Crippen molar-refractivity contribution in [2.45, 2.75) is 58.1 Å². The molecular weight excluding hydrogens is 348 g/mol. The summed E-state index contributed by atoms with van der Waals surface area (Å²) in [6, 6.07) is 9.68. The van der Waals surface area contributed by atoms with Crippen LogP contribution in [0.1, 0.15) is 43.4 Å². The smallest absolute Gasteiger partial charge is 0.217 e. The molecule has 1 aromatic heterocycles. The Kier molecular flexibility index (Phi) is 5.63. The molecule has 1 unspecified atom stereocenters. The fraction of sp³-hybridized carbons (Fsp3) is 0.450. The standard InChI is InChI=1S/C20H26N2O3S/c1-15-12-21-11-10-19(15)14-25-20-8-6-18(7-9-20)13-22-16(2)4-5-17(3)26(22,23)24/h6-12,16-17H,4-5,13-14H2,1-3H3/t16-,17?/m0/s1. The van der Waals surface area contributed by atoms with Gasteiger partial charge in [0.15, 0.2) is 0 Å². The number of benzene rings is 1. The molecule has 0 aliphatic carbocycles. The Morgan fingerprint density at radius 1 is 1.15 bits per heavy atom. The van der Waals surface area contributed by atoms with Gasteiger partial charge in [-0.2, -0.15) is 4.31 Å². The highest BCUT2D eigenvalue weighted by atomic mass is 32.2. The number of pyridine rings is 1. The van der Waals surface area contributed by atoms with Crippen molar-refractivity contribution in [1.82, 2.24) is 9.29 Å². The number of sulfonamides is 1. The quantitative estimate of drug-likeness (QED) is 0.801. The summed E-state index contributed by atoms with van der Waals surface area (Å²) in [7, 11) is -3.21. The predicted molar refractivity (Wildman–Crippen MR) is 102 cm³/mol. The van der Waals surface area contributed by atoms with Crippen molar-refractivity contribution in [3.63, 3.8) is 0 Å². The van der Waals surface area contributed by atoms with E-state index in [0.29, 0.717) is 13.2 Å². The van der Waals surface area contributed by atoms with Gasteiger partial charge in [-0.3, -0.25) is 4.98 Å². The summed E-state index contributed by atoms with van der Waals surface area (Å²) >= 11 is 0. The zero-order valence-electron chi connectivity index (χ0n) is 15.6. The largest absolute Gasteiger partial charge is 0.489 e. The molecule has 0 bridgehead atoms. The maximum absolute atomic E-state index is 12.6. The Labute approximate surface area is 156 Å². The summed E-state index contributed by atoms with van der Waals surface area (Å²) in [6.45, 7) is 6.69. The molecular formula is C20H26N2O3S. The number of nitrogens with zero attached hydrogens (tertiary/aromatic N) is 2. The lowest BCUT2D eigenvalue weighted by molar-refractivity contribution is 0.283. The Hall–Kier alpha value is -1.92. The van der Waals surface area contributed by atoms with Crippen LogP contribution in [0, 0.1) is 6.92 Å². The molecule has 140 valence electrons. The van der Waals surface area contributed by atoms with E-state index in [1.54, 1.807) is 17.4 Å². The highest BCUT2D eigenvalue weighted by molar-refractivity contribution is 7.89. The van der Waals surface area contributed by atoms with Crippen LogP contribution < -0.4 is 4.74 Å². The first-order valence-electron chi connectivity index (χ1n) is 9.00. The number of aromatic nitrogens is 1. The molecule has 26 heavy (non-hydrogen) atoms. The number of hydrogen-bond acceptors (Lipinski definition) is 4. The van der Waals surface area contributed by atoms with Gasteiger partial charge in [-0.25, -0.2) is 8.42 Å². The summed E-state index contributed by atoms with van der Waals surface area (Å²) in [4.78, 5) is 4.08. The van der Waals surface area contributed by atoms with Gasteiger partial charge in [0.05, 0.1) is 5.25 Å². The van der Waals surface area contributed by atoms with Gasteiger partial charge in [-0.15, -0.1) is 0 Å². The van der Waals surface area contributed by atoms with Crippen LogP contribution in [0.15, 0.2) is 42.7 Å². The van der Waals surface area contributed by atoms with Crippen molar-refractivity contribution < 1.29 is 13.2 Å². The number of hydrogen-bond donors (Lipinski definition) is 0. The lowest BCUT2D eigenvalue weighted by Crippen LogP contribution is -2.46. The van der Waals surface area contributed by atoms with Crippen molar-refractivity contribution in [3.05, 3.63) is 59.4 Å². The number of ether oxygens (including phenoxy) is 1. The molecule has 2 atom stereocenters. The minimum absolute atomic E-state index is 0.0433. The van der Waals surface area contributed by atoms with Crippen molar-refractivity contribution in [2.24, 2.45) is 0 Å². The third kappa shape index (κ3) is 4.07. The van der Waals surface area contributed by atoms with E-state index in [1.165, 1.54) is 0 Å². The van der Waals surface area contributed by atoms with Crippen molar-refractivity contribution >= 4 is 10.0 Å². The fourth-order valence-electron chi connectivity index (χ4n) is 3.19. The fourth-order valence-corrected chi connectivity index (χ4v) is 5.03. The van der Waals surface area contributed by atoms with E-state index < -0.39 is 10.0 Å². The summed E-state index contributed by atoms with van der Waals surface area (Å²) in [5.41, 5.74) is 3.18. The molecule has 6 heteroatoms. The first-order valence-corrected chi connectivity index (χ1v) is 10.5. The van der Waals surface area contributed by atoms with E-state index in [1.807, 2.05) is 50.4 Å². The SMILES string of the molecule is Cc1cnccc1COc1ccc(CN2[C@@H](C)CCC(C)S2(=O)=O)cc1. The molecule has 0 saturated carbocycles. The molecule has 2 heterocycles. The van der Waals surface area contributed by atoms with Crippen LogP contribution in [-0.4, -0.2) is 29.0 Å². The van der Waals surface area contributed by atoms with Crippen molar-refractivity contribution in [3.8, 4) is 5.75 Å². The van der Waals surface area contributed by atoms with Gasteiger partial charge in [0.2, 0.25) is 10.0 Å². The first-order chi connectivity index (χ1) is 12.4. The Morgan fingerprint density at radius 3 is 2.58 bits per heavy atom. The molecule has 1 fully saturated rings. The molecule has 2 aromatic rings. The summed E-state index contributed by atoms with van der Waals surface area (Å²) in [5.74, 6) is 0.771. The third-order valence-corrected chi connectivity index (χ3v) is 7.51. The van der Waals surface area contributed by atoms with E-state index >= 15 is 0 Å². The number of rotatable bonds is 5. The molecule has 1 saturated heterocycles. The van der Waals surface area contributed by atoms with Gasteiger partial charge in [0, 0.05) is 25.0 Å². The average molecular weight is 375 g/mol. The summed E-state index contributed by atoms with van der Waals surface area (Å²) in [5, 5.41) is -0.301. The van der Waals surface area contributed by atoms with Crippen LogP contribution in [-0.2, 0) is 23.2 Å². The van der Waals surface area contributed by atoms with Crippen LogP contribution in [0.25, 0.3) is 0 Å². The van der Waals surface area contributed by atoms with Gasteiger partial charge >= 0.3 is 0 Å². The maximum Gasteiger partial charge on any atom is 0.217 e. The van der Waals surface area contributed by atoms with Gasteiger partial charge in [-0.1, -0.05) is 12.1 Å². The van der Waals surface area contributed by atoms with Crippen LogP contribution in [0.2, 0.25) is 0 Å². The van der Waals surface area contributed by atoms with Crippen LogP contribution in [0.5, 0.6) is 5.75 Å². The molecule has 0 amide bonds. The van der Waals surface area contributed by atoms with Gasteiger partial charge < -0.3 is 4.74 Å². The molecule has 0 N–H and O–H groups in total. The molecule has 1 aliphatic rings. The van der Waals surface area contributed by atoms with E-state index in [4.69, 9.17) is 4.74 Å². The van der Waals surface area contributed by atoms with Gasteiger partial charge in [0.1, 0.15) is 12.4 Å². The van der Waals surface area contributed by atoms with Crippen LogP contribution in [0.3, 0.4) is 0 Å². The second-order valence-electron chi connectivity index (χ2n) is 7.06. The van der Waals surface area contributed by atoms with E-state index in [0.717, 1.165) is 35.3 Å². The summed E-state index contributed by atoms with van der Waals surface area (Å²) < 4.78 is 32.6. The average Bonchev–Trinajstić information content (AvgIpc) is 2.63. The van der Waals surface area contributed by atoms with Gasteiger partial charge in [0.25, 0.3) is 0 Å². The summed E-state index contributed by atoms with van der Waals surface area (Å²) in [6.07, 6.45) is 5.23. The highest BCUT2D eigenvalue weighted by Gasteiger charge is 2.36. The topological polar surface area (TPSA) is 59.5 Å². The monoisotopic (exact) mass is 374 g/mol.